The lowest BCUT2D eigenvalue weighted by molar-refractivity contribution is 0.0383. The summed E-state index contributed by atoms with van der Waals surface area (Å²) in [5.74, 6) is -0.0740. The lowest BCUT2D eigenvalue weighted by Gasteiger charge is -2.26. The van der Waals surface area contributed by atoms with Crippen molar-refractivity contribution >= 4 is 11.6 Å². The number of nitrogens with zero attached hydrogens (tertiary/aromatic N) is 3. The molecule has 0 atom stereocenters. The molecule has 2 aromatic rings. The molecular weight excluding hydrogens is 256 g/mol. The molecule has 20 heavy (non-hydrogen) atoms. The van der Waals surface area contributed by atoms with Crippen LogP contribution >= 0.6 is 0 Å². The second-order valence-corrected chi connectivity index (χ2v) is 4.79. The van der Waals surface area contributed by atoms with E-state index >= 15 is 0 Å². The van der Waals surface area contributed by atoms with Gasteiger partial charge in [0, 0.05) is 44.8 Å². The van der Waals surface area contributed by atoms with E-state index < -0.39 is 0 Å². The average molecular weight is 274 g/mol. The molecule has 6 heteroatoms. The molecule has 0 radical (unpaired) electrons. The molecule has 1 N–H and O–H groups in total. The van der Waals surface area contributed by atoms with E-state index in [-0.39, 0.29) is 5.91 Å². The Morgan fingerprint density at radius 3 is 3.05 bits per heavy atom. The number of fused-ring (bicyclic) bond motifs is 1. The zero-order valence-electron chi connectivity index (χ0n) is 11.3. The van der Waals surface area contributed by atoms with E-state index in [1.807, 2.05) is 22.9 Å². The van der Waals surface area contributed by atoms with E-state index in [0.717, 1.165) is 32.8 Å². The van der Waals surface area contributed by atoms with E-state index in [0.29, 0.717) is 17.8 Å². The van der Waals surface area contributed by atoms with E-state index in [1.54, 1.807) is 12.3 Å². The monoisotopic (exact) mass is 274 g/mol. The molecule has 1 fully saturated rings. The van der Waals surface area contributed by atoms with Crippen LogP contribution in [0, 0.1) is 0 Å². The number of nitrogens with one attached hydrogen (secondary N) is 1. The van der Waals surface area contributed by atoms with Crippen LogP contribution in [-0.2, 0) is 4.74 Å². The van der Waals surface area contributed by atoms with Crippen LogP contribution in [0.1, 0.15) is 10.4 Å². The normalized spacial score (nSPS) is 16.4. The van der Waals surface area contributed by atoms with Crippen LogP contribution in [0.4, 0.5) is 0 Å². The molecule has 3 heterocycles. The van der Waals surface area contributed by atoms with Crippen LogP contribution in [0.3, 0.4) is 0 Å². The van der Waals surface area contributed by atoms with Crippen LogP contribution in [0.5, 0.6) is 0 Å². The van der Waals surface area contributed by atoms with Gasteiger partial charge in [-0.05, 0) is 12.1 Å². The highest BCUT2D eigenvalue weighted by molar-refractivity contribution is 5.99. The molecule has 1 saturated heterocycles. The third-order valence-corrected chi connectivity index (χ3v) is 3.48. The Hall–Kier alpha value is -1.92. The van der Waals surface area contributed by atoms with Crippen molar-refractivity contribution in [1.82, 2.24) is 19.6 Å². The first-order valence-electron chi connectivity index (χ1n) is 6.84. The van der Waals surface area contributed by atoms with Crippen molar-refractivity contribution in [3.8, 4) is 0 Å². The molecule has 1 aliphatic rings. The molecule has 1 aliphatic heterocycles. The Labute approximate surface area is 117 Å². The maximum Gasteiger partial charge on any atom is 0.255 e. The minimum absolute atomic E-state index is 0.0740. The number of imidazole rings is 1. The quantitative estimate of drug-likeness (QED) is 0.876. The smallest absolute Gasteiger partial charge is 0.255 e. The van der Waals surface area contributed by atoms with Gasteiger partial charge in [0.05, 0.1) is 18.8 Å². The second kappa shape index (κ2) is 6.02. The summed E-state index contributed by atoms with van der Waals surface area (Å²) in [5, 5.41) is 2.95. The predicted octanol–water partition coefficient (Wildman–Crippen LogP) is 0.396. The molecule has 0 spiro atoms. The summed E-state index contributed by atoms with van der Waals surface area (Å²) in [6.45, 7) is 4.92. The highest BCUT2D eigenvalue weighted by Crippen LogP contribution is 2.08. The number of carbonyl (C=O) groups is 1. The molecule has 6 nitrogen and oxygen atoms in total. The molecule has 0 bridgehead atoms. The largest absolute Gasteiger partial charge is 0.379 e. The third-order valence-electron chi connectivity index (χ3n) is 3.48. The van der Waals surface area contributed by atoms with E-state index in [1.165, 1.54) is 0 Å². The Morgan fingerprint density at radius 2 is 2.20 bits per heavy atom. The summed E-state index contributed by atoms with van der Waals surface area (Å²) >= 11 is 0. The van der Waals surface area contributed by atoms with E-state index in [2.05, 4.69) is 15.2 Å². The van der Waals surface area contributed by atoms with Gasteiger partial charge < -0.3 is 14.5 Å². The Morgan fingerprint density at radius 1 is 1.35 bits per heavy atom. The number of amides is 1. The zero-order valence-corrected chi connectivity index (χ0v) is 11.3. The number of carbonyl (C=O) groups excluding carboxylic acids is 1. The van der Waals surface area contributed by atoms with Crippen LogP contribution in [-0.4, -0.2) is 59.6 Å². The summed E-state index contributed by atoms with van der Waals surface area (Å²) in [6.07, 6.45) is 5.41. The van der Waals surface area contributed by atoms with Crippen LogP contribution in [0.2, 0.25) is 0 Å². The van der Waals surface area contributed by atoms with Crippen molar-refractivity contribution in [1.29, 1.82) is 0 Å². The number of ether oxygens (including phenoxy) is 1. The highest BCUT2D eigenvalue weighted by atomic mass is 16.5. The fourth-order valence-electron chi connectivity index (χ4n) is 2.37. The van der Waals surface area contributed by atoms with Crippen molar-refractivity contribution in [2.45, 2.75) is 0 Å². The molecule has 2 aromatic heterocycles. The number of morpholine rings is 1. The standard InChI is InChI=1S/C14H18N4O2/c19-14(16-3-6-17-8-10-20-11-9-17)12-2-1-5-18-7-4-15-13(12)18/h1-2,4-5,7H,3,6,8-11H2,(H,16,19). The van der Waals surface area contributed by atoms with Crippen LogP contribution in [0.25, 0.3) is 5.65 Å². The lowest BCUT2D eigenvalue weighted by atomic mass is 10.2. The highest BCUT2D eigenvalue weighted by Gasteiger charge is 2.13. The topological polar surface area (TPSA) is 58.9 Å². The second-order valence-electron chi connectivity index (χ2n) is 4.79. The van der Waals surface area contributed by atoms with Crippen molar-refractivity contribution in [3.63, 3.8) is 0 Å². The van der Waals surface area contributed by atoms with Crippen molar-refractivity contribution in [2.24, 2.45) is 0 Å². The molecule has 0 aliphatic carbocycles. The van der Waals surface area contributed by atoms with Crippen molar-refractivity contribution < 1.29 is 9.53 Å². The van der Waals surface area contributed by atoms with Gasteiger partial charge >= 0.3 is 0 Å². The van der Waals surface area contributed by atoms with Gasteiger partial charge in [-0.3, -0.25) is 9.69 Å². The number of hydrogen-bond donors (Lipinski definition) is 1. The van der Waals surface area contributed by atoms with Gasteiger partial charge in [-0.15, -0.1) is 0 Å². The minimum Gasteiger partial charge on any atom is -0.379 e. The first-order chi connectivity index (χ1) is 9.84. The summed E-state index contributed by atoms with van der Waals surface area (Å²) in [5.41, 5.74) is 1.30. The van der Waals surface area contributed by atoms with E-state index in [4.69, 9.17) is 4.74 Å². The lowest BCUT2D eigenvalue weighted by Crippen LogP contribution is -2.41. The number of pyridine rings is 1. The summed E-state index contributed by atoms with van der Waals surface area (Å²) in [7, 11) is 0. The number of hydrogen-bond acceptors (Lipinski definition) is 4. The molecular formula is C14H18N4O2. The van der Waals surface area contributed by atoms with Gasteiger partial charge in [0.25, 0.3) is 5.91 Å². The van der Waals surface area contributed by atoms with Crippen LogP contribution in [0.15, 0.2) is 30.7 Å². The van der Waals surface area contributed by atoms with Crippen molar-refractivity contribution in [2.75, 3.05) is 39.4 Å². The van der Waals surface area contributed by atoms with Crippen LogP contribution < -0.4 is 5.32 Å². The van der Waals surface area contributed by atoms with Gasteiger partial charge in [0.15, 0.2) is 0 Å². The Balaban J connectivity index is 1.57. The molecule has 106 valence electrons. The number of rotatable bonds is 4. The number of aromatic nitrogens is 2. The van der Waals surface area contributed by atoms with Crippen molar-refractivity contribution in [3.05, 3.63) is 36.3 Å². The minimum atomic E-state index is -0.0740. The van der Waals surface area contributed by atoms with Gasteiger partial charge in [-0.1, -0.05) is 0 Å². The molecule has 0 aromatic carbocycles. The third kappa shape index (κ3) is 2.81. The summed E-state index contributed by atoms with van der Waals surface area (Å²) in [6, 6.07) is 3.65. The molecule has 0 saturated carbocycles. The van der Waals surface area contributed by atoms with Gasteiger partial charge in [-0.25, -0.2) is 4.98 Å². The average Bonchev–Trinajstić information content (AvgIpc) is 2.96. The molecule has 1 amide bonds. The Kier molecular flexibility index (Phi) is 3.94. The van der Waals surface area contributed by atoms with Gasteiger partial charge in [0.1, 0.15) is 5.65 Å². The predicted molar refractivity (Wildman–Crippen MR) is 74.8 cm³/mol. The fraction of sp³-hybridized carbons (Fsp3) is 0.429. The summed E-state index contributed by atoms with van der Waals surface area (Å²) < 4.78 is 7.14. The maximum absolute atomic E-state index is 12.2. The first kappa shape index (κ1) is 13.1. The van der Waals surface area contributed by atoms with E-state index in [9.17, 15) is 4.79 Å². The maximum atomic E-state index is 12.2. The zero-order chi connectivity index (χ0) is 13.8. The SMILES string of the molecule is O=C(NCCN1CCOCC1)c1cccn2ccnc12. The Bertz CT molecular complexity index is 590. The molecule has 3 rings (SSSR count). The van der Waals surface area contributed by atoms with Gasteiger partial charge in [0.2, 0.25) is 0 Å². The summed E-state index contributed by atoms with van der Waals surface area (Å²) in [4.78, 5) is 18.7. The fourth-order valence-corrected chi connectivity index (χ4v) is 2.37. The first-order valence-corrected chi connectivity index (χ1v) is 6.84. The molecule has 0 unspecified atom stereocenters. The van der Waals surface area contributed by atoms with Gasteiger partial charge in [-0.2, -0.15) is 0 Å².